The molecule has 0 aliphatic rings. The first kappa shape index (κ1) is 13.5. The van der Waals surface area contributed by atoms with Crippen molar-refractivity contribution in [2.75, 3.05) is 19.1 Å². The van der Waals surface area contributed by atoms with Gasteiger partial charge in [-0.2, -0.15) is 16.7 Å². The van der Waals surface area contributed by atoms with E-state index in [1.54, 1.807) is 18.9 Å². The first-order chi connectivity index (χ1) is 7.72. The van der Waals surface area contributed by atoms with Crippen LogP contribution in [0.15, 0.2) is 4.52 Å². The molecule has 0 aliphatic carbocycles. The van der Waals surface area contributed by atoms with Crippen LogP contribution in [0.2, 0.25) is 0 Å². The van der Waals surface area contributed by atoms with Crippen LogP contribution < -0.4 is 5.73 Å². The van der Waals surface area contributed by atoms with Crippen molar-refractivity contribution in [3.05, 3.63) is 11.7 Å². The molecule has 1 aromatic rings. The maximum Gasteiger partial charge on any atom is 0.243 e. The summed E-state index contributed by atoms with van der Waals surface area (Å²) in [5.41, 5.74) is 5.93. The Bertz CT molecular complexity index is 302. The maximum atomic E-state index is 5.93. The van der Waals surface area contributed by atoms with Gasteiger partial charge < -0.3 is 15.0 Å². The van der Waals surface area contributed by atoms with Gasteiger partial charge in [0.1, 0.15) is 6.10 Å². The zero-order valence-electron chi connectivity index (χ0n) is 9.97. The van der Waals surface area contributed by atoms with Crippen LogP contribution in [0.25, 0.3) is 0 Å². The number of methoxy groups -OCH3 is 1. The molecule has 1 rings (SSSR count). The third kappa shape index (κ3) is 3.47. The Balaban J connectivity index is 2.62. The Morgan fingerprint density at radius 1 is 1.56 bits per heavy atom. The van der Waals surface area contributed by atoms with Crippen molar-refractivity contribution in [1.29, 1.82) is 0 Å². The second-order valence-electron chi connectivity index (χ2n) is 3.51. The molecule has 5 nitrogen and oxygen atoms in total. The highest BCUT2D eigenvalue weighted by atomic mass is 32.2. The van der Waals surface area contributed by atoms with Crippen molar-refractivity contribution in [2.45, 2.75) is 31.9 Å². The number of nitrogens with zero attached hydrogens (tertiary/aromatic N) is 2. The van der Waals surface area contributed by atoms with Gasteiger partial charge in [0.25, 0.3) is 0 Å². The molecular formula is C10H19N3O2S. The van der Waals surface area contributed by atoms with Crippen molar-refractivity contribution in [3.8, 4) is 0 Å². The van der Waals surface area contributed by atoms with Gasteiger partial charge in [0.15, 0.2) is 0 Å². The van der Waals surface area contributed by atoms with Gasteiger partial charge in [-0.1, -0.05) is 12.1 Å². The van der Waals surface area contributed by atoms with Crippen LogP contribution in [0.1, 0.15) is 43.6 Å². The topological polar surface area (TPSA) is 74.2 Å². The van der Waals surface area contributed by atoms with Gasteiger partial charge in [-0.25, -0.2) is 0 Å². The number of aromatic nitrogens is 2. The van der Waals surface area contributed by atoms with E-state index in [2.05, 4.69) is 10.1 Å². The fourth-order valence-electron chi connectivity index (χ4n) is 1.35. The Hall–Kier alpha value is -0.590. The minimum absolute atomic E-state index is 0.106. The molecule has 0 aromatic carbocycles. The molecule has 0 saturated carbocycles. The summed E-state index contributed by atoms with van der Waals surface area (Å²) in [4.78, 5) is 4.27. The summed E-state index contributed by atoms with van der Waals surface area (Å²) in [6.45, 7) is 2.01. The first-order valence-electron chi connectivity index (χ1n) is 5.33. The van der Waals surface area contributed by atoms with Crippen molar-refractivity contribution in [1.82, 2.24) is 10.1 Å². The summed E-state index contributed by atoms with van der Waals surface area (Å²) in [7, 11) is 1.64. The van der Waals surface area contributed by atoms with Crippen LogP contribution in [0, 0.1) is 0 Å². The molecule has 0 fully saturated rings. The fourth-order valence-corrected chi connectivity index (χ4v) is 1.84. The minimum Gasteiger partial charge on any atom is -0.373 e. The smallest absolute Gasteiger partial charge is 0.243 e. The van der Waals surface area contributed by atoms with E-state index >= 15 is 0 Å². The van der Waals surface area contributed by atoms with Crippen LogP contribution in [0.4, 0.5) is 0 Å². The summed E-state index contributed by atoms with van der Waals surface area (Å²) in [6, 6.07) is -0.178. The number of ether oxygens (including phenoxy) is 1. The van der Waals surface area contributed by atoms with E-state index < -0.39 is 0 Å². The van der Waals surface area contributed by atoms with Crippen molar-refractivity contribution in [2.24, 2.45) is 5.73 Å². The highest BCUT2D eigenvalue weighted by Crippen LogP contribution is 2.20. The summed E-state index contributed by atoms with van der Waals surface area (Å²) in [5.74, 6) is 2.07. The molecule has 6 heteroatoms. The quantitative estimate of drug-likeness (QED) is 0.791. The molecule has 0 bridgehead atoms. The third-order valence-electron chi connectivity index (χ3n) is 2.35. The van der Waals surface area contributed by atoms with Crippen molar-refractivity contribution >= 4 is 11.8 Å². The van der Waals surface area contributed by atoms with Crippen molar-refractivity contribution < 1.29 is 9.26 Å². The predicted molar refractivity (Wildman–Crippen MR) is 64.3 cm³/mol. The zero-order valence-corrected chi connectivity index (χ0v) is 10.8. The minimum atomic E-state index is -0.178. The molecule has 0 saturated heterocycles. The van der Waals surface area contributed by atoms with Crippen LogP contribution in [-0.2, 0) is 4.74 Å². The predicted octanol–water partition coefficient (Wildman–Crippen LogP) is 1.92. The molecule has 0 aliphatic heterocycles. The third-order valence-corrected chi connectivity index (χ3v) is 2.99. The number of rotatable bonds is 7. The van der Waals surface area contributed by atoms with Gasteiger partial charge in [-0.05, 0) is 24.9 Å². The lowest BCUT2D eigenvalue weighted by Gasteiger charge is -2.07. The van der Waals surface area contributed by atoms with Gasteiger partial charge in [0.05, 0.1) is 6.04 Å². The van der Waals surface area contributed by atoms with Gasteiger partial charge in [-0.15, -0.1) is 0 Å². The first-order valence-corrected chi connectivity index (χ1v) is 6.73. The molecule has 92 valence electrons. The summed E-state index contributed by atoms with van der Waals surface area (Å²) in [5, 5.41) is 3.89. The van der Waals surface area contributed by atoms with E-state index in [1.807, 2.05) is 13.2 Å². The SMILES string of the molecule is CCC(OC)c1noc([C@H](N)CCSC)n1. The molecule has 16 heavy (non-hydrogen) atoms. The van der Waals surface area contributed by atoms with Crippen LogP contribution in [0.3, 0.4) is 0 Å². The van der Waals surface area contributed by atoms with Gasteiger partial charge in [0, 0.05) is 7.11 Å². The van der Waals surface area contributed by atoms with Gasteiger partial charge in [-0.3, -0.25) is 0 Å². The Morgan fingerprint density at radius 2 is 2.31 bits per heavy atom. The standard InChI is InChI=1S/C10H19N3O2S/c1-4-8(14-2)9-12-10(15-13-9)7(11)5-6-16-3/h7-8H,4-6,11H2,1-3H3/t7-,8?/m1/s1. The number of hydrogen-bond acceptors (Lipinski definition) is 6. The molecular weight excluding hydrogens is 226 g/mol. The average molecular weight is 245 g/mol. The lowest BCUT2D eigenvalue weighted by Crippen LogP contribution is -2.12. The van der Waals surface area contributed by atoms with Crippen LogP contribution in [0.5, 0.6) is 0 Å². The molecule has 0 spiro atoms. The Kier molecular flexibility index (Phi) is 5.79. The van der Waals surface area contributed by atoms with E-state index in [1.165, 1.54) is 0 Å². The average Bonchev–Trinajstić information content (AvgIpc) is 2.77. The van der Waals surface area contributed by atoms with Gasteiger partial charge >= 0.3 is 0 Å². The lowest BCUT2D eigenvalue weighted by molar-refractivity contribution is 0.0903. The number of hydrogen-bond donors (Lipinski definition) is 1. The normalized spacial score (nSPS) is 15.0. The summed E-state index contributed by atoms with van der Waals surface area (Å²) >= 11 is 1.75. The molecule has 0 amide bonds. The molecule has 1 heterocycles. The molecule has 0 radical (unpaired) electrons. The van der Waals surface area contributed by atoms with E-state index in [4.69, 9.17) is 15.0 Å². The molecule has 2 atom stereocenters. The Labute approximate surface area is 100 Å². The number of thioether (sulfide) groups is 1. The van der Waals surface area contributed by atoms with Gasteiger partial charge in [0.2, 0.25) is 11.7 Å². The Morgan fingerprint density at radius 3 is 2.88 bits per heavy atom. The number of nitrogens with two attached hydrogens (primary N) is 1. The summed E-state index contributed by atoms with van der Waals surface area (Å²) < 4.78 is 10.4. The summed E-state index contributed by atoms with van der Waals surface area (Å²) in [6.07, 6.45) is 3.59. The lowest BCUT2D eigenvalue weighted by atomic mass is 10.2. The molecule has 2 N–H and O–H groups in total. The molecule has 1 aromatic heterocycles. The highest BCUT2D eigenvalue weighted by molar-refractivity contribution is 7.98. The zero-order chi connectivity index (χ0) is 12.0. The second kappa shape index (κ2) is 6.88. The monoisotopic (exact) mass is 245 g/mol. The van der Waals surface area contributed by atoms with Crippen LogP contribution >= 0.6 is 11.8 Å². The fraction of sp³-hybridized carbons (Fsp3) is 0.800. The van der Waals surface area contributed by atoms with E-state index in [-0.39, 0.29) is 12.1 Å². The van der Waals surface area contributed by atoms with E-state index in [0.717, 1.165) is 18.6 Å². The van der Waals surface area contributed by atoms with Crippen molar-refractivity contribution in [3.63, 3.8) is 0 Å². The highest BCUT2D eigenvalue weighted by Gasteiger charge is 2.19. The largest absolute Gasteiger partial charge is 0.373 e. The second-order valence-corrected chi connectivity index (χ2v) is 4.50. The van der Waals surface area contributed by atoms with E-state index in [9.17, 15) is 0 Å². The van der Waals surface area contributed by atoms with Crippen LogP contribution in [-0.4, -0.2) is 29.3 Å². The van der Waals surface area contributed by atoms with E-state index in [0.29, 0.717) is 11.7 Å². The molecule has 1 unspecified atom stereocenters. The maximum absolute atomic E-state index is 5.93.